The Kier molecular flexibility index (Phi) is 4.27. The van der Waals surface area contributed by atoms with Crippen LogP contribution >= 0.6 is 27.5 Å². The van der Waals surface area contributed by atoms with Crippen molar-refractivity contribution in [3.8, 4) is 0 Å². The molecule has 21 heavy (non-hydrogen) atoms. The van der Waals surface area contributed by atoms with Gasteiger partial charge in [0.25, 0.3) is 0 Å². The van der Waals surface area contributed by atoms with Crippen LogP contribution in [0.4, 0.5) is 4.39 Å². The van der Waals surface area contributed by atoms with Crippen molar-refractivity contribution in [3.63, 3.8) is 0 Å². The van der Waals surface area contributed by atoms with E-state index < -0.39 is 0 Å². The molecular formula is C18H13BrClF. The number of hydrogen-bond donors (Lipinski definition) is 0. The second-order valence-corrected chi connectivity index (χ2v) is 6.36. The molecule has 0 saturated heterocycles. The summed E-state index contributed by atoms with van der Waals surface area (Å²) in [5.74, 6) is -0.264. The summed E-state index contributed by atoms with van der Waals surface area (Å²) in [6, 6.07) is 19.1. The number of benzene rings is 3. The summed E-state index contributed by atoms with van der Waals surface area (Å²) in [4.78, 5) is 0. The molecule has 3 aromatic carbocycles. The van der Waals surface area contributed by atoms with Crippen LogP contribution in [0.25, 0.3) is 10.8 Å². The van der Waals surface area contributed by atoms with Crippen molar-refractivity contribution in [2.24, 2.45) is 0 Å². The lowest BCUT2D eigenvalue weighted by Crippen LogP contribution is -1.98. The molecule has 0 heterocycles. The van der Waals surface area contributed by atoms with Crippen LogP contribution in [0.5, 0.6) is 0 Å². The first-order valence-corrected chi connectivity index (χ1v) is 7.94. The molecule has 0 radical (unpaired) electrons. The van der Waals surface area contributed by atoms with Crippen LogP contribution in [0.1, 0.15) is 16.5 Å². The fourth-order valence-electron chi connectivity index (χ4n) is 2.53. The molecule has 3 aromatic rings. The summed E-state index contributed by atoms with van der Waals surface area (Å²) in [6.45, 7) is 0. The zero-order valence-corrected chi connectivity index (χ0v) is 13.5. The second kappa shape index (κ2) is 6.17. The highest BCUT2D eigenvalue weighted by Crippen LogP contribution is 2.33. The van der Waals surface area contributed by atoms with Crippen molar-refractivity contribution in [2.75, 3.05) is 0 Å². The van der Waals surface area contributed by atoms with Gasteiger partial charge in [0, 0.05) is 4.47 Å². The van der Waals surface area contributed by atoms with Crippen molar-refractivity contribution in [1.29, 1.82) is 0 Å². The summed E-state index contributed by atoms with van der Waals surface area (Å²) in [7, 11) is 0. The SMILES string of the molecule is Fc1ccc(C(Cl)Cc2cccc3ccccc23)c(Br)c1. The van der Waals surface area contributed by atoms with Crippen molar-refractivity contribution >= 4 is 38.3 Å². The minimum absolute atomic E-state index is 0.203. The molecule has 0 nitrogen and oxygen atoms in total. The Morgan fingerprint density at radius 2 is 1.76 bits per heavy atom. The maximum absolute atomic E-state index is 13.2. The molecule has 0 saturated carbocycles. The second-order valence-electron chi connectivity index (χ2n) is 4.98. The lowest BCUT2D eigenvalue weighted by atomic mass is 9.98. The van der Waals surface area contributed by atoms with E-state index in [-0.39, 0.29) is 11.2 Å². The molecule has 0 spiro atoms. The molecule has 3 heteroatoms. The van der Waals surface area contributed by atoms with Crippen molar-refractivity contribution in [2.45, 2.75) is 11.8 Å². The first kappa shape index (κ1) is 14.6. The molecule has 0 aromatic heterocycles. The van der Waals surface area contributed by atoms with Crippen molar-refractivity contribution in [3.05, 3.63) is 82.1 Å². The molecule has 3 rings (SSSR count). The number of rotatable bonds is 3. The topological polar surface area (TPSA) is 0 Å². The Hall–Kier alpha value is -1.38. The highest BCUT2D eigenvalue weighted by Gasteiger charge is 2.14. The minimum atomic E-state index is -0.264. The molecule has 0 bridgehead atoms. The van der Waals surface area contributed by atoms with Gasteiger partial charge < -0.3 is 0 Å². The Morgan fingerprint density at radius 1 is 1.00 bits per heavy atom. The number of fused-ring (bicyclic) bond motifs is 1. The quantitative estimate of drug-likeness (QED) is 0.481. The van der Waals surface area contributed by atoms with Gasteiger partial charge in [-0.3, -0.25) is 0 Å². The molecular weight excluding hydrogens is 351 g/mol. The van der Waals surface area contributed by atoms with E-state index in [0.29, 0.717) is 10.9 Å². The summed E-state index contributed by atoms with van der Waals surface area (Å²) < 4.78 is 13.9. The van der Waals surface area contributed by atoms with Gasteiger partial charge in [-0.15, -0.1) is 11.6 Å². The first-order chi connectivity index (χ1) is 10.1. The molecule has 0 amide bonds. The van der Waals surface area contributed by atoms with Gasteiger partial charge >= 0.3 is 0 Å². The molecule has 0 fully saturated rings. The largest absolute Gasteiger partial charge is 0.207 e. The summed E-state index contributed by atoms with van der Waals surface area (Å²) in [6.07, 6.45) is 0.702. The van der Waals surface area contributed by atoms with E-state index in [4.69, 9.17) is 11.6 Å². The number of alkyl halides is 1. The Labute approximate surface area is 136 Å². The number of halogens is 3. The van der Waals surface area contributed by atoms with E-state index in [2.05, 4.69) is 40.2 Å². The van der Waals surface area contributed by atoms with Gasteiger partial charge in [-0.05, 0) is 40.5 Å². The third kappa shape index (κ3) is 3.12. The van der Waals surface area contributed by atoms with Gasteiger partial charge in [0.1, 0.15) is 5.82 Å². The summed E-state index contributed by atoms with van der Waals surface area (Å²) >= 11 is 9.93. The van der Waals surface area contributed by atoms with Crippen LogP contribution in [-0.2, 0) is 6.42 Å². The molecule has 0 aliphatic rings. The van der Waals surface area contributed by atoms with Crippen LogP contribution in [0.2, 0.25) is 0 Å². The van der Waals surface area contributed by atoms with E-state index in [1.54, 1.807) is 6.07 Å². The Bertz CT molecular complexity index is 780. The van der Waals surface area contributed by atoms with E-state index in [1.165, 1.54) is 28.5 Å². The highest BCUT2D eigenvalue weighted by molar-refractivity contribution is 9.10. The van der Waals surface area contributed by atoms with Crippen LogP contribution in [0, 0.1) is 5.82 Å². The predicted molar refractivity (Wildman–Crippen MR) is 90.3 cm³/mol. The summed E-state index contributed by atoms with van der Waals surface area (Å²) in [5, 5.41) is 2.21. The number of hydrogen-bond acceptors (Lipinski definition) is 0. The molecule has 0 aliphatic carbocycles. The predicted octanol–water partition coefficient (Wildman–Crippen LogP) is 6.26. The van der Waals surface area contributed by atoms with Gasteiger partial charge in [-0.1, -0.05) is 64.5 Å². The zero-order chi connectivity index (χ0) is 14.8. The lowest BCUT2D eigenvalue weighted by molar-refractivity contribution is 0.625. The maximum atomic E-state index is 13.2. The monoisotopic (exact) mass is 362 g/mol. The van der Waals surface area contributed by atoms with E-state index >= 15 is 0 Å². The standard InChI is InChI=1S/C18H13BrClF/c19-17-11-14(21)8-9-16(17)18(20)10-13-6-3-5-12-4-1-2-7-15(12)13/h1-9,11,18H,10H2. The molecule has 106 valence electrons. The van der Waals surface area contributed by atoms with Gasteiger partial charge in [0.05, 0.1) is 5.38 Å². The maximum Gasteiger partial charge on any atom is 0.124 e. The Balaban J connectivity index is 1.94. The highest BCUT2D eigenvalue weighted by atomic mass is 79.9. The van der Waals surface area contributed by atoms with Crippen LogP contribution in [0.15, 0.2) is 65.1 Å². The van der Waals surface area contributed by atoms with E-state index in [1.807, 2.05) is 18.2 Å². The van der Waals surface area contributed by atoms with Gasteiger partial charge in [-0.2, -0.15) is 0 Å². The average Bonchev–Trinajstić information content (AvgIpc) is 2.47. The smallest absolute Gasteiger partial charge is 0.124 e. The minimum Gasteiger partial charge on any atom is -0.207 e. The zero-order valence-electron chi connectivity index (χ0n) is 11.2. The van der Waals surface area contributed by atoms with Crippen molar-refractivity contribution < 1.29 is 4.39 Å². The van der Waals surface area contributed by atoms with Gasteiger partial charge in [-0.25, -0.2) is 4.39 Å². The van der Waals surface area contributed by atoms with Gasteiger partial charge in [0.2, 0.25) is 0 Å². The molecule has 0 N–H and O–H groups in total. The first-order valence-electron chi connectivity index (χ1n) is 6.71. The summed E-state index contributed by atoms with van der Waals surface area (Å²) in [5.41, 5.74) is 2.11. The van der Waals surface area contributed by atoms with Gasteiger partial charge in [0.15, 0.2) is 0 Å². The van der Waals surface area contributed by atoms with Crippen LogP contribution in [-0.4, -0.2) is 0 Å². The van der Waals surface area contributed by atoms with Crippen molar-refractivity contribution in [1.82, 2.24) is 0 Å². The lowest BCUT2D eigenvalue weighted by Gasteiger charge is -2.14. The third-order valence-electron chi connectivity index (χ3n) is 3.58. The van der Waals surface area contributed by atoms with Crippen LogP contribution < -0.4 is 0 Å². The average molecular weight is 364 g/mol. The van der Waals surface area contributed by atoms with Crippen LogP contribution in [0.3, 0.4) is 0 Å². The normalized spacial score (nSPS) is 12.5. The van der Waals surface area contributed by atoms with E-state index in [9.17, 15) is 4.39 Å². The fraction of sp³-hybridized carbons (Fsp3) is 0.111. The molecule has 1 unspecified atom stereocenters. The Morgan fingerprint density at radius 3 is 2.57 bits per heavy atom. The van der Waals surface area contributed by atoms with E-state index in [0.717, 1.165) is 5.56 Å². The molecule has 0 aliphatic heterocycles. The molecule has 1 atom stereocenters. The third-order valence-corrected chi connectivity index (χ3v) is 4.66. The fourth-order valence-corrected chi connectivity index (χ4v) is 3.64.